The van der Waals surface area contributed by atoms with E-state index in [2.05, 4.69) is 72.2 Å². The van der Waals surface area contributed by atoms with Gasteiger partial charge in [-0.15, -0.1) is 0 Å². The van der Waals surface area contributed by atoms with Crippen molar-refractivity contribution in [1.29, 1.82) is 0 Å². The third-order valence-corrected chi connectivity index (χ3v) is 18.3. The summed E-state index contributed by atoms with van der Waals surface area (Å²) in [4.78, 5) is 27.1. The van der Waals surface area contributed by atoms with Crippen LogP contribution in [0.1, 0.15) is 67.2 Å². The van der Waals surface area contributed by atoms with Gasteiger partial charge in [0.2, 0.25) is 0 Å². The molecule has 0 saturated carbocycles. The minimum Gasteiger partial charge on any atom is -0.414 e. The van der Waals surface area contributed by atoms with Gasteiger partial charge in [-0.1, -0.05) is 85.4 Å². The number of H-pyrrole nitrogens is 1. The third-order valence-electron chi connectivity index (χ3n) is 8.06. The molecular formula is C29H42N2O7Si2. The fourth-order valence-electron chi connectivity index (χ4n) is 5.90. The Bertz CT molecular complexity index is 1350. The van der Waals surface area contributed by atoms with Gasteiger partial charge in [0, 0.05) is 17.8 Å². The number of rotatable bonds is 5. The summed E-state index contributed by atoms with van der Waals surface area (Å²) in [6.45, 7) is 17.0. The van der Waals surface area contributed by atoms with Crippen LogP contribution in [0.2, 0.25) is 22.2 Å². The monoisotopic (exact) mass is 586 g/mol. The second-order valence-corrected chi connectivity index (χ2v) is 20.8. The Morgan fingerprint density at radius 1 is 0.950 bits per heavy atom. The third kappa shape index (κ3) is 5.34. The van der Waals surface area contributed by atoms with Crippen molar-refractivity contribution in [2.75, 3.05) is 6.61 Å². The Labute approximate surface area is 238 Å². The molecule has 11 heteroatoms. The van der Waals surface area contributed by atoms with Gasteiger partial charge in [0.25, 0.3) is 5.56 Å². The van der Waals surface area contributed by atoms with Crippen LogP contribution in [0.15, 0.2) is 52.2 Å². The van der Waals surface area contributed by atoms with Gasteiger partial charge >= 0.3 is 22.8 Å². The zero-order valence-corrected chi connectivity index (χ0v) is 26.6. The first-order valence-electron chi connectivity index (χ1n) is 14.1. The van der Waals surface area contributed by atoms with Crippen LogP contribution in [0.4, 0.5) is 0 Å². The van der Waals surface area contributed by atoms with Crippen molar-refractivity contribution in [3.05, 3.63) is 69.0 Å². The van der Waals surface area contributed by atoms with Gasteiger partial charge in [-0.3, -0.25) is 14.3 Å². The van der Waals surface area contributed by atoms with Gasteiger partial charge in [0.15, 0.2) is 11.8 Å². The predicted octanol–water partition coefficient (Wildman–Crippen LogP) is 4.17. The number of aromatic nitrogens is 2. The molecule has 0 spiro atoms. The topological polar surface area (TPSA) is 112 Å². The highest BCUT2D eigenvalue weighted by atomic mass is 28.5. The maximum Gasteiger partial charge on any atom is 0.335 e. The first kappa shape index (κ1) is 30.6. The minimum absolute atomic E-state index is 0.0143. The van der Waals surface area contributed by atoms with Crippen molar-refractivity contribution in [3.8, 4) is 11.8 Å². The Kier molecular flexibility index (Phi) is 8.83. The molecule has 0 bridgehead atoms. The van der Waals surface area contributed by atoms with Crippen LogP contribution in [0.25, 0.3) is 0 Å². The molecule has 1 aromatic heterocycles. The van der Waals surface area contributed by atoms with E-state index >= 15 is 0 Å². The number of hydrogen-bond donors (Lipinski definition) is 2. The zero-order valence-electron chi connectivity index (χ0n) is 24.6. The highest BCUT2D eigenvalue weighted by Crippen LogP contribution is 2.50. The number of aromatic amines is 1. The quantitative estimate of drug-likeness (QED) is 0.400. The summed E-state index contributed by atoms with van der Waals surface area (Å²) >= 11 is 0. The molecule has 1 aromatic carbocycles. The average Bonchev–Trinajstić information content (AvgIpc) is 3.13. The Morgan fingerprint density at radius 2 is 1.55 bits per heavy atom. The largest absolute Gasteiger partial charge is 0.414 e. The Morgan fingerprint density at radius 3 is 2.10 bits per heavy atom. The summed E-state index contributed by atoms with van der Waals surface area (Å²) in [7, 11) is -5.99. The number of aliphatic hydroxyl groups is 1. The predicted molar refractivity (Wildman–Crippen MR) is 157 cm³/mol. The summed E-state index contributed by atoms with van der Waals surface area (Å²) in [6.07, 6.45) is -1.66. The molecule has 0 amide bonds. The minimum atomic E-state index is -3.13. The lowest BCUT2D eigenvalue weighted by molar-refractivity contribution is -0.0750. The summed E-state index contributed by atoms with van der Waals surface area (Å²) in [5.41, 5.74) is -2.25. The molecule has 0 radical (unpaired) electrons. The molecule has 40 heavy (non-hydrogen) atoms. The second-order valence-electron chi connectivity index (χ2n) is 12.0. The van der Waals surface area contributed by atoms with E-state index in [0.29, 0.717) is 5.56 Å². The number of fused-ring (bicyclic) bond motifs is 1. The van der Waals surface area contributed by atoms with Gasteiger partial charge in [-0.05, 0) is 34.3 Å². The molecule has 4 atom stereocenters. The zero-order chi connectivity index (χ0) is 29.5. The number of hydrogen-bond acceptors (Lipinski definition) is 7. The van der Waals surface area contributed by atoms with Crippen LogP contribution in [0.5, 0.6) is 0 Å². The van der Waals surface area contributed by atoms with E-state index in [0.717, 1.165) is 0 Å². The molecule has 0 aliphatic carbocycles. The molecule has 2 aliphatic heterocycles. The first-order valence-corrected chi connectivity index (χ1v) is 18.0. The lowest BCUT2D eigenvalue weighted by atomic mass is 9.94. The van der Waals surface area contributed by atoms with Crippen molar-refractivity contribution in [2.45, 2.75) is 102 Å². The van der Waals surface area contributed by atoms with Crippen molar-refractivity contribution in [2.24, 2.45) is 0 Å². The lowest BCUT2D eigenvalue weighted by Crippen LogP contribution is -2.67. The maximum absolute atomic E-state index is 12.9. The average molecular weight is 587 g/mol. The summed E-state index contributed by atoms with van der Waals surface area (Å²) in [6, 6.07) is 10.5. The molecular weight excluding hydrogens is 544 g/mol. The van der Waals surface area contributed by atoms with Gasteiger partial charge in [-0.25, -0.2) is 4.79 Å². The van der Waals surface area contributed by atoms with E-state index in [9.17, 15) is 14.7 Å². The molecule has 2 aromatic rings. The normalized spacial score (nSPS) is 27.8. The van der Waals surface area contributed by atoms with Crippen LogP contribution in [0.3, 0.4) is 0 Å². The lowest BCUT2D eigenvalue weighted by Gasteiger charge is -2.51. The van der Waals surface area contributed by atoms with E-state index in [1.165, 1.54) is 16.8 Å². The highest BCUT2D eigenvalue weighted by Gasteiger charge is 2.65. The van der Waals surface area contributed by atoms with E-state index < -0.39 is 52.4 Å². The van der Waals surface area contributed by atoms with Crippen LogP contribution in [-0.4, -0.2) is 56.2 Å². The van der Waals surface area contributed by atoms with Crippen LogP contribution in [-0.2, 0) is 17.7 Å². The van der Waals surface area contributed by atoms with Gasteiger partial charge in [-0.2, -0.15) is 0 Å². The van der Waals surface area contributed by atoms with Crippen molar-refractivity contribution < 1.29 is 22.8 Å². The SMILES string of the molecule is CC(C)[Si]1(C(C)C)OC[C@H]2O[C@@H](n3ccc(=O)[nH]c3=O)[C@](O)(C#Cc3ccccc3)[C@@H]2O[Si](C(C)C)(C(C)C)O1. The fraction of sp³-hybridized carbons (Fsp3) is 0.586. The Hall–Kier alpha value is -2.31. The molecule has 9 nitrogen and oxygen atoms in total. The molecule has 2 aliphatic rings. The molecule has 4 rings (SSSR count). The van der Waals surface area contributed by atoms with Crippen LogP contribution in [0, 0.1) is 11.8 Å². The highest BCUT2D eigenvalue weighted by molar-refractivity contribution is 6.84. The maximum atomic E-state index is 12.9. The molecule has 2 saturated heterocycles. The molecule has 218 valence electrons. The standard InChI is InChI=1S/C29H42N2O7Si2/c1-19(2)39(20(3)4)35-18-24-26(37-40(38-39,21(5)6)22(7)8)29(34,16-14-23-12-10-9-11-13-23)27(36-24)31-17-15-25(32)30-28(31)33/h9-13,15,17,19-22,24,26-27,34H,18H2,1-8H3,(H,30,32,33)/t24-,26-,27-,29+/m1/s1. The smallest absolute Gasteiger partial charge is 0.335 e. The number of ether oxygens (including phenoxy) is 1. The number of benzene rings is 1. The van der Waals surface area contributed by atoms with Crippen LogP contribution < -0.4 is 11.2 Å². The van der Waals surface area contributed by atoms with Gasteiger partial charge < -0.3 is 22.8 Å². The van der Waals surface area contributed by atoms with Crippen molar-refractivity contribution in [3.63, 3.8) is 0 Å². The second kappa shape index (κ2) is 11.5. The molecule has 2 fully saturated rings. The van der Waals surface area contributed by atoms with Crippen LogP contribution >= 0.6 is 0 Å². The van der Waals surface area contributed by atoms with Gasteiger partial charge in [0.05, 0.1) is 6.61 Å². The van der Waals surface area contributed by atoms with Crippen molar-refractivity contribution in [1.82, 2.24) is 9.55 Å². The molecule has 2 N–H and O–H groups in total. The summed E-state index contributed by atoms with van der Waals surface area (Å²) in [5.74, 6) is 6.08. The van der Waals surface area contributed by atoms with E-state index in [4.69, 9.17) is 17.7 Å². The summed E-state index contributed by atoms with van der Waals surface area (Å²) in [5, 5.41) is 12.5. The van der Waals surface area contributed by atoms with E-state index in [1.54, 1.807) is 0 Å². The van der Waals surface area contributed by atoms with E-state index in [1.807, 2.05) is 30.3 Å². The number of nitrogens with one attached hydrogen (secondary N) is 1. The fourth-order valence-corrected chi connectivity index (χ4v) is 17.1. The molecule has 0 unspecified atom stereocenters. The van der Waals surface area contributed by atoms with Crippen molar-refractivity contribution >= 4 is 17.1 Å². The number of nitrogens with zero attached hydrogens (tertiary/aromatic N) is 1. The van der Waals surface area contributed by atoms with E-state index in [-0.39, 0.29) is 28.8 Å². The molecule has 3 heterocycles. The first-order chi connectivity index (χ1) is 18.8. The Balaban J connectivity index is 1.93. The summed E-state index contributed by atoms with van der Waals surface area (Å²) < 4.78 is 28.8. The van der Waals surface area contributed by atoms with Gasteiger partial charge in [0.1, 0.15) is 12.2 Å².